The number of nitrogens with one attached hydrogen (secondary N) is 2. The van der Waals surface area contributed by atoms with E-state index in [0.29, 0.717) is 18.7 Å². The van der Waals surface area contributed by atoms with Gasteiger partial charge in [-0.2, -0.15) is 0 Å². The molecule has 0 aliphatic heterocycles. The van der Waals surface area contributed by atoms with Crippen LogP contribution in [0.25, 0.3) is 0 Å². The van der Waals surface area contributed by atoms with Gasteiger partial charge in [-0.3, -0.25) is 9.59 Å². The predicted molar refractivity (Wildman–Crippen MR) is 112 cm³/mol. The molecule has 0 bridgehead atoms. The first-order valence-electron chi connectivity index (χ1n) is 8.55. The highest BCUT2D eigenvalue weighted by Crippen LogP contribution is 2.25. The van der Waals surface area contributed by atoms with Crippen LogP contribution in [0.4, 0.5) is 0 Å². The molecule has 1 unspecified atom stereocenters. The third kappa shape index (κ3) is 6.68. The van der Waals surface area contributed by atoms with Crippen LogP contribution in [-0.4, -0.2) is 37.8 Å². The lowest BCUT2D eigenvalue weighted by atomic mass is 10.1. The van der Waals surface area contributed by atoms with Crippen LogP contribution in [0.15, 0.2) is 57.9 Å². The highest BCUT2D eigenvalue weighted by atomic mass is 79.9. The summed E-state index contributed by atoms with van der Waals surface area (Å²) in [7, 11) is 1.59. The maximum Gasteiger partial charge on any atom is 0.252 e. The molecule has 2 aromatic rings. The third-order valence-electron chi connectivity index (χ3n) is 3.84. The minimum absolute atomic E-state index is 0.0890. The number of hydrogen-bond donors (Lipinski definition) is 2. The Morgan fingerprint density at radius 1 is 1.15 bits per heavy atom. The van der Waals surface area contributed by atoms with Gasteiger partial charge in [0.25, 0.3) is 5.91 Å². The number of rotatable bonds is 9. The van der Waals surface area contributed by atoms with E-state index in [9.17, 15) is 9.59 Å². The van der Waals surface area contributed by atoms with Crippen molar-refractivity contribution in [2.75, 3.05) is 26.0 Å². The zero-order chi connectivity index (χ0) is 19.6. The van der Waals surface area contributed by atoms with Crippen molar-refractivity contribution in [3.8, 4) is 0 Å². The van der Waals surface area contributed by atoms with Crippen molar-refractivity contribution >= 4 is 39.5 Å². The number of halogens is 1. The van der Waals surface area contributed by atoms with Crippen LogP contribution in [-0.2, 0) is 9.53 Å². The summed E-state index contributed by atoms with van der Waals surface area (Å²) in [5.41, 5.74) is 1.57. The highest BCUT2D eigenvalue weighted by molar-refractivity contribution is 9.10. The molecule has 0 aliphatic carbocycles. The molecule has 7 heteroatoms. The van der Waals surface area contributed by atoms with E-state index in [4.69, 9.17) is 4.74 Å². The van der Waals surface area contributed by atoms with E-state index < -0.39 is 0 Å². The summed E-state index contributed by atoms with van der Waals surface area (Å²) in [6.45, 7) is 2.89. The number of hydrogen-bond acceptors (Lipinski definition) is 4. The van der Waals surface area contributed by atoms with Gasteiger partial charge in [0.1, 0.15) is 0 Å². The van der Waals surface area contributed by atoms with Gasteiger partial charge >= 0.3 is 0 Å². The van der Waals surface area contributed by atoms with Crippen molar-refractivity contribution in [2.45, 2.75) is 17.9 Å². The van der Waals surface area contributed by atoms with E-state index in [2.05, 4.69) is 26.6 Å². The van der Waals surface area contributed by atoms with Crippen LogP contribution >= 0.6 is 27.7 Å². The predicted octanol–water partition coefficient (Wildman–Crippen LogP) is 3.79. The Hall–Kier alpha value is -1.83. The molecule has 0 spiro atoms. The van der Waals surface area contributed by atoms with Gasteiger partial charge in [-0.1, -0.05) is 46.3 Å². The first-order valence-corrected chi connectivity index (χ1v) is 10.3. The second-order valence-corrected chi connectivity index (χ2v) is 7.72. The summed E-state index contributed by atoms with van der Waals surface area (Å²) in [4.78, 5) is 25.4. The third-order valence-corrected chi connectivity index (χ3v) is 5.63. The van der Waals surface area contributed by atoms with Crippen molar-refractivity contribution < 1.29 is 14.3 Å². The van der Waals surface area contributed by atoms with Gasteiger partial charge in [0, 0.05) is 23.0 Å². The van der Waals surface area contributed by atoms with Crippen LogP contribution in [0, 0.1) is 0 Å². The van der Waals surface area contributed by atoms with Crippen LogP contribution in [0.2, 0.25) is 0 Å². The van der Waals surface area contributed by atoms with Crippen molar-refractivity contribution in [1.29, 1.82) is 0 Å². The average Bonchev–Trinajstić information content (AvgIpc) is 2.67. The summed E-state index contributed by atoms with van der Waals surface area (Å²) in [5.74, 6) is -0.0108. The highest BCUT2D eigenvalue weighted by Gasteiger charge is 2.16. The Labute approximate surface area is 172 Å². The minimum Gasteiger partial charge on any atom is -0.383 e. The summed E-state index contributed by atoms with van der Waals surface area (Å²) in [6.07, 6.45) is 0. The zero-order valence-corrected chi connectivity index (χ0v) is 17.7. The van der Waals surface area contributed by atoms with Crippen molar-refractivity contribution in [1.82, 2.24) is 10.6 Å². The fourth-order valence-corrected chi connectivity index (χ4v) is 3.95. The Morgan fingerprint density at radius 2 is 1.85 bits per heavy atom. The Kier molecular flexibility index (Phi) is 8.84. The van der Waals surface area contributed by atoms with Crippen LogP contribution < -0.4 is 10.6 Å². The van der Waals surface area contributed by atoms with Gasteiger partial charge in [-0.15, -0.1) is 11.8 Å². The maximum atomic E-state index is 12.8. The molecule has 2 rings (SSSR count). The maximum absolute atomic E-state index is 12.8. The van der Waals surface area contributed by atoms with Gasteiger partial charge in [-0.25, -0.2) is 0 Å². The van der Waals surface area contributed by atoms with E-state index >= 15 is 0 Å². The van der Waals surface area contributed by atoms with Gasteiger partial charge in [0.2, 0.25) is 5.91 Å². The lowest BCUT2D eigenvalue weighted by Gasteiger charge is -2.17. The topological polar surface area (TPSA) is 67.4 Å². The van der Waals surface area contributed by atoms with E-state index in [1.54, 1.807) is 13.2 Å². The van der Waals surface area contributed by atoms with Gasteiger partial charge in [0.15, 0.2) is 0 Å². The lowest BCUT2D eigenvalue weighted by Crippen LogP contribution is -2.29. The number of carbonyl (C=O) groups excluding carboxylic acids is 2. The Morgan fingerprint density at radius 3 is 2.59 bits per heavy atom. The van der Waals surface area contributed by atoms with E-state index in [1.165, 1.54) is 11.8 Å². The first-order chi connectivity index (χ1) is 13.0. The minimum atomic E-state index is -0.166. The molecule has 0 aromatic heterocycles. The van der Waals surface area contributed by atoms with Gasteiger partial charge in [-0.05, 0) is 30.7 Å². The quantitative estimate of drug-likeness (QED) is 0.450. The molecule has 1 atom stereocenters. The van der Waals surface area contributed by atoms with E-state index in [-0.39, 0.29) is 23.6 Å². The van der Waals surface area contributed by atoms with Gasteiger partial charge in [0.05, 0.1) is 24.0 Å². The van der Waals surface area contributed by atoms with Crippen molar-refractivity contribution in [3.05, 3.63) is 64.1 Å². The molecular weight excluding hydrogens is 428 g/mol. The molecule has 0 aliphatic rings. The summed E-state index contributed by atoms with van der Waals surface area (Å²) >= 11 is 4.86. The van der Waals surface area contributed by atoms with E-state index in [0.717, 1.165) is 14.9 Å². The number of ether oxygens (including phenoxy) is 1. The molecule has 0 saturated heterocycles. The molecule has 27 heavy (non-hydrogen) atoms. The zero-order valence-electron chi connectivity index (χ0n) is 15.3. The standard InChI is InChI=1S/C20H23BrN2O3S/c1-14(15-7-3-5-9-17(15)21)23-20(25)16-8-4-6-10-18(16)27-13-19(24)22-11-12-26-2/h3-10,14H,11-13H2,1-2H3,(H,22,24)(H,23,25). The normalized spacial score (nSPS) is 11.7. The lowest BCUT2D eigenvalue weighted by molar-refractivity contribution is -0.118. The fourth-order valence-electron chi connectivity index (χ4n) is 2.45. The average molecular weight is 451 g/mol. The van der Waals surface area contributed by atoms with Gasteiger partial charge < -0.3 is 15.4 Å². The number of carbonyl (C=O) groups is 2. The second kappa shape index (κ2) is 11.1. The molecule has 0 radical (unpaired) electrons. The summed E-state index contributed by atoms with van der Waals surface area (Å²) in [5, 5.41) is 5.80. The van der Waals surface area contributed by atoms with Crippen LogP contribution in [0.5, 0.6) is 0 Å². The monoisotopic (exact) mass is 450 g/mol. The molecule has 0 saturated carbocycles. The SMILES string of the molecule is COCCNC(=O)CSc1ccccc1C(=O)NC(C)c1ccccc1Br. The smallest absolute Gasteiger partial charge is 0.252 e. The largest absolute Gasteiger partial charge is 0.383 e. The molecule has 2 N–H and O–H groups in total. The van der Waals surface area contributed by atoms with Crippen molar-refractivity contribution in [2.24, 2.45) is 0 Å². The molecule has 2 aromatic carbocycles. The molecular formula is C20H23BrN2O3S. The first kappa shape index (κ1) is 21.5. The molecule has 0 heterocycles. The Bertz CT molecular complexity index is 785. The van der Waals surface area contributed by atoms with Crippen molar-refractivity contribution in [3.63, 3.8) is 0 Å². The fraction of sp³-hybridized carbons (Fsp3) is 0.300. The second-order valence-electron chi connectivity index (χ2n) is 5.84. The Balaban J connectivity index is 2.00. The molecule has 5 nitrogen and oxygen atoms in total. The van der Waals surface area contributed by atoms with E-state index in [1.807, 2.05) is 49.4 Å². The number of benzene rings is 2. The number of thioether (sulfide) groups is 1. The molecule has 144 valence electrons. The summed E-state index contributed by atoms with van der Waals surface area (Å²) in [6, 6.07) is 15.0. The van der Waals surface area contributed by atoms with Crippen LogP contribution in [0.3, 0.4) is 0 Å². The number of amides is 2. The summed E-state index contributed by atoms with van der Waals surface area (Å²) < 4.78 is 5.86. The van der Waals surface area contributed by atoms with Crippen LogP contribution in [0.1, 0.15) is 28.9 Å². The number of methoxy groups -OCH3 is 1. The molecule has 2 amide bonds. The molecule has 0 fully saturated rings.